The Labute approximate surface area is 113 Å². The number of aryl methyl sites for hydroxylation is 1. The highest BCUT2D eigenvalue weighted by Crippen LogP contribution is 2.27. The molecule has 1 aromatic heterocycles. The zero-order chi connectivity index (χ0) is 13.5. The van der Waals surface area contributed by atoms with Gasteiger partial charge < -0.3 is 10.5 Å². The van der Waals surface area contributed by atoms with Gasteiger partial charge in [0.2, 0.25) is 0 Å². The maximum Gasteiger partial charge on any atom is 0.341 e. The second kappa shape index (κ2) is 7.41. The number of ether oxygens (including phenoxy) is 1. The number of unbranched alkanes of at least 4 members (excludes halogenated alkanes) is 3. The van der Waals surface area contributed by atoms with E-state index >= 15 is 0 Å². The Balaban J connectivity index is 2.55. The van der Waals surface area contributed by atoms with E-state index in [0.717, 1.165) is 12.8 Å². The van der Waals surface area contributed by atoms with Gasteiger partial charge in [-0.15, -0.1) is 11.3 Å². The highest BCUT2D eigenvalue weighted by molar-refractivity contribution is 7.16. The molecule has 102 valence electrons. The lowest BCUT2D eigenvalue weighted by molar-refractivity contribution is 0.0379. The minimum absolute atomic E-state index is 0.107. The second-order valence-corrected chi connectivity index (χ2v) is 5.92. The fourth-order valence-corrected chi connectivity index (χ4v) is 2.70. The number of carbonyl (C=O) groups is 1. The fraction of sp³-hybridized carbons (Fsp3) is 0.643. The number of anilines is 1. The van der Waals surface area contributed by atoms with Gasteiger partial charge in [-0.2, -0.15) is 0 Å². The van der Waals surface area contributed by atoms with Crippen molar-refractivity contribution in [2.75, 3.05) is 5.73 Å². The summed E-state index contributed by atoms with van der Waals surface area (Å²) in [5.41, 5.74) is 6.39. The number of hydrogen-bond acceptors (Lipinski definition) is 4. The molecule has 0 radical (unpaired) electrons. The molecular weight excluding hydrogens is 246 g/mol. The Bertz CT molecular complexity index is 385. The molecule has 3 nitrogen and oxygen atoms in total. The lowest BCUT2D eigenvalue weighted by Crippen LogP contribution is -2.12. The van der Waals surface area contributed by atoms with Crippen LogP contribution in [0.4, 0.5) is 5.00 Å². The summed E-state index contributed by atoms with van der Waals surface area (Å²) in [5.74, 6) is -0.307. The molecule has 0 amide bonds. The van der Waals surface area contributed by atoms with Gasteiger partial charge in [0.1, 0.15) is 5.00 Å². The van der Waals surface area contributed by atoms with Crippen LogP contribution in [0.25, 0.3) is 0 Å². The molecule has 0 saturated carbocycles. The monoisotopic (exact) mass is 269 g/mol. The number of nitrogen functional groups attached to an aromatic ring is 1. The molecule has 0 aliphatic carbocycles. The molecule has 18 heavy (non-hydrogen) atoms. The summed E-state index contributed by atoms with van der Waals surface area (Å²) in [4.78, 5) is 12.9. The SMILES string of the molecule is CCCCCCc1cc(C(=O)OC(C)C)c(N)s1. The van der Waals surface area contributed by atoms with Gasteiger partial charge in [-0.3, -0.25) is 0 Å². The average Bonchev–Trinajstić information content (AvgIpc) is 2.65. The lowest BCUT2D eigenvalue weighted by Gasteiger charge is -2.06. The van der Waals surface area contributed by atoms with Gasteiger partial charge in [0.15, 0.2) is 0 Å². The highest BCUT2D eigenvalue weighted by atomic mass is 32.1. The predicted octanol–water partition coefficient (Wildman–Crippen LogP) is 4.02. The molecule has 0 aliphatic rings. The number of thiophene rings is 1. The van der Waals surface area contributed by atoms with Gasteiger partial charge >= 0.3 is 5.97 Å². The maximum absolute atomic E-state index is 11.8. The second-order valence-electron chi connectivity index (χ2n) is 4.76. The predicted molar refractivity (Wildman–Crippen MR) is 77.1 cm³/mol. The summed E-state index contributed by atoms with van der Waals surface area (Å²) in [5, 5.41) is 0.575. The van der Waals surface area contributed by atoms with E-state index in [-0.39, 0.29) is 12.1 Å². The van der Waals surface area contributed by atoms with Crippen LogP contribution in [-0.4, -0.2) is 12.1 Å². The first-order valence-electron chi connectivity index (χ1n) is 6.63. The Hall–Kier alpha value is -1.03. The summed E-state index contributed by atoms with van der Waals surface area (Å²) in [6.45, 7) is 5.88. The lowest BCUT2D eigenvalue weighted by atomic mass is 10.1. The van der Waals surface area contributed by atoms with E-state index in [1.54, 1.807) is 0 Å². The summed E-state index contributed by atoms with van der Waals surface area (Å²) in [6.07, 6.45) is 5.79. The largest absolute Gasteiger partial charge is 0.459 e. The normalized spacial score (nSPS) is 10.9. The minimum atomic E-state index is -0.307. The van der Waals surface area contributed by atoms with Crippen molar-refractivity contribution in [3.05, 3.63) is 16.5 Å². The van der Waals surface area contributed by atoms with E-state index in [1.165, 1.54) is 35.5 Å². The Morgan fingerprint density at radius 1 is 1.39 bits per heavy atom. The summed E-state index contributed by atoms with van der Waals surface area (Å²) >= 11 is 1.50. The van der Waals surface area contributed by atoms with E-state index in [4.69, 9.17) is 10.5 Å². The first-order chi connectivity index (χ1) is 8.54. The van der Waals surface area contributed by atoms with Crippen LogP contribution in [0, 0.1) is 0 Å². The molecule has 2 N–H and O–H groups in total. The van der Waals surface area contributed by atoms with Gasteiger partial charge in [-0.05, 0) is 32.8 Å². The molecule has 0 spiro atoms. The van der Waals surface area contributed by atoms with E-state index in [2.05, 4.69) is 6.92 Å². The minimum Gasteiger partial charge on any atom is -0.459 e. The third-order valence-corrected chi connectivity index (χ3v) is 3.68. The van der Waals surface area contributed by atoms with E-state index in [0.29, 0.717) is 10.6 Å². The van der Waals surface area contributed by atoms with Gasteiger partial charge in [-0.1, -0.05) is 26.2 Å². The molecule has 1 aromatic rings. The molecule has 0 saturated heterocycles. The Morgan fingerprint density at radius 3 is 2.72 bits per heavy atom. The third kappa shape index (κ3) is 4.69. The molecular formula is C14H23NO2S. The molecule has 1 heterocycles. The Kier molecular flexibility index (Phi) is 6.19. The van der Waals surface area contributed by atoms with Crippen LogP contribution in [0.1, 0.15) is 61.7 Å². The maximum atomic E-state index is 11.8. The molecule has 0 aliphatic heterocycles. The van der Waals surface area contributed by atoms with E-state index in [1.807, 2.05) is 19.9 Å². The summed E-state index contributed by atoms with van der Waals surface area (Å²) < 4.78 is 5.16. The van der Waals surface area contributed by atoms with Crippen LogP contribution in [-0.2, 0) is 11.2 Å². The van der Waals surface area contributed by atoms with Crippen molar-refractivity contribution in [1.82, 2.24) is 0 Å². The van der Waals surface area contributed by atoms with Gasteiger partial charge in [0.05, 0.1) is 11.7 Å². The van der Waals surface area contributed by atoms with Gasteiger partial charge in [0, 0.05) is 4.88 Å². The first kappa shape index (κ1) is 15.0. The third-order valence-electron chi connectivity index (χ3n) is 2.65. The molecule has 0 aromatic carbocycles. The van der Waals surface area contributed by atoms with Crippen LogP contribution in [0.15, 0.2) is 6.07 Å². The summed E-state index contributed by atoms with van der Waals surface area (Å²) in [7, 11) is 0. The van der Waals surface area contributed by atoms with Gasteiger partial charge in [-0.25, -0.2) is 4.79 Å². The van der Waals surface area contributed by atoms with E-state index in [9.17, 15) is 4.79 Å². The topological polar surface area (TPSA) is 52.3 Å². The molecule has 1 rings (SSSR count). The standard InChI is InChI=1S/C14H23NO2S/c1-4-5-6-7-8-11-9-12(13(15)18-11)14(16)17-10(2)3/h9-10H,4-8,15H2,1-3H3. The zero-order valence-electron chi connectivity index (χ0n) is 11.5. The molecule has 0 unspecified atom stereocenters. The first-order valence-corrected chi connectivity index (χ1v) is 7.45. The van der Waals surface area contributed by atoms with Crippen molar-refractivity contribution >= 4 is 22.3 Å². The number of carbonyl (C=O) groups excluding carboxylic acids is 1. The molecule has 4 heteroatoms. The molecule has 0 fully saturated rings. The summed E-state index contributed by atoms with van der Waals surface area (Å²) in [6, 6.07) is 1.89. The van der Waals surface area contributed by atoms with Gasteiger partial charge in [0.25, 0.3) is 0 Å². The van der Waals surface area contributed by atoms with Crippen molar-refractivity contribution in [2.24, 2.45) is 0 Å². The van der Waals surface area contributed by atoms with Crippen molar-refractivity contribution in [3.63, 3.8) is 0 Å². The van der Waals surface area contributed by atoms with Crippen LogP contribution >= 0.6 is 11.3 Å². The van der Waals surface area contributed by atoms with Crippen LogP contribution in [0.3, 0.4) is 0 Å². The van der Waals surface area contributed by atoms with Crippen LogP contribution in [0.5, 0.6) is 0 Å². The molecule has 0 bridgehead atoms. The van der Waals surface area contributed by atoms with Crippen LogP contribution in [0.2, 0.25) is 0 Å². The van der Waals surface area contributed by atoms with Crippen molar-refractivity contribution in [3.8, 4) is 0 Å². The quantitative estimate of drug-likeness (QED) is 0.601. The van der Waals surface area contributed by atoms with Crippen molar-refractivity contribution < 1.29 is 9.53 Å². The zero-order valence-corrected chi connectivity index (χ0v) is 12.3. The Morgan fingerprint density at radius 2 is 2.11 bits per heavy atom. The smallest absolute Gasteiger partial charge is 0.341 e. The highest BCUT2D eigenvalue weighted by Gasteiger charge is 2.16. The van der Waals surface area contributed by atoms with Crippen molar-refractivity contribution in [1.29, 1.82) is 0 Å². The number of nitrogens with two attached hydrogens (primary N) is 1. The molecule has 0 atom stereocenters. The average molecular weight is 269 g/mol. The number of rotatable bonds is 7. The van der Waals surface area contributed by atoms with E-state index < -0.39 is 0 Å². The number of esters is 1. The fourth-order valence-electron chi connectivity index (χ4n) is 1.74. The number of hydrogen-bond donors (Lipinski definition) is 1. The van der Waals surface area contributed by atoms with Crippen LogP contribution < -0.4 is 5.73 Å². The van der Waals surface area contributed by atoms with Crippen molar-refractivity contribution in [2.45, 2.75) is 59.0 Å².